The Morgan fingerprint density at radius 1 is 0.653 bits per heavy atom. The van der Waals surface area contributed by atoms with Gasteiger partial charge in [0.1, 0.15) is 48.8 Å². The zero-order chi connectivity index (χ0) is 36.4. The lowest BCUT2D eigenvalue weighted by Crippen LogP contribution is -2.74. The van der Waals surface area contributed by atoms with Crippen LogP contribution in [0.1, 0.15) is 88.6 Å². The van der Waals surface area contributed by atoms with Crippen LogP contribution in [0.4, 0.5) is 0 Å². The number of aliphatic hydroxyl groups excluding tert-OH is 2. The molecular weight excluding hydrogens is 665 g/mol. The third-order valence-electron chi connectivity index (χ3n) is 10.5. The molecular formula is C36H62O11Si2. The molecule has 1 aromatic carbocycles. The number of rotatable bonds is 6. The van der Waals surface area contributed by atoms with Crippen LogP contribution in [0.25, 0.3) is 0 Å². The zero-order valence-corrected chi connectivity index (χ0v) is 33.9. The average molecular weight is 727 g/mol. The highest BCUT2D eigenvalue weighted by Crippen LogP contribution is 2.57. The molecule has 0 bridgehead atoms. The molecule has 5 rings (SSSR count). The van der Waals surface area contributed by atoms with E-state index in [-0.39, 0.29) is 40.0 Å². The van der Waals surface area contributed by atoms with Crippen LogP contribution in [-0.2, 0) is 48.0 Å². The molecule has 0 radical (unpaired) electrons. The van der Waals surface area contributed by atoms with Crippen LogP contribution >= 0.6 is 0 Å². The molecule has 280 valence electrons. The highest BCUT2D eigenvalue weighted by Gasteiger charge is 2.67. The van der Waals surface area contributed by atoms with Crippen molar-refractivity contribution in [3.05, 3.63) is 35.9 Å². The summed E-state index contributed by atoms with van der Waals surface area (Å²) in [5, 5.41) is 22.6. The first kappa shape index (κ1) is 39.4. The average Bonchev–Trinajstić information content (AvgIpc) is 3.00. The number of fused-ring (bicyclic) bond motifs is 2. The van der Waals surface area contributed by atoms with Crippen molar-refractivity contribution in [1.82, 2.24) is 0 Å². The molecule has 0 unspecified atom stereocenters. The molecule has 4 heterocycles. The second kappa shape index (κ2) is 13.9. The molecule has 0 spiro atoms. The van der Waals surface area contributed by atoms with Crippen molar-refractivity contribution in [3.63, 3.8) is 0 Å². The molecule has 4 fully saturated rings. The summed E-state index contributed by atoms with van der Waals surface area (Å²) in [6, 6.07) is 9.83. The smallest absolute Gasteiger partial charge is 0.349 e. The van der Waals surface area contributed by atoms with E-state index in [1.54, 1.807) is 0 Å². The Hall–Kier alpha value is -0.786. The molecule has 4 aliphatic rings. The first-order valence-electron chi connectivity index (χ1n) is 17.7. The summed E-state index contributed by atoms with van der Waals surface area (Å²) in [6.45, 7) is 26.4. The van der Waals surface area contributed by atoms with Crippen molar-refractivity contribution in [3.8, 4) is 0 Å². The molecule has 49 heavy (non-hydrogen) atoms. The van der Waals surface area contributed by atoms with Crippen molar-refractivity contribution in [1.29, 1.82) is 0 Å². The maximum Gasteiger partial charge on any atom is 0.349 e. The molecule has 4 saturated heterocycles. The highest BCUT2D eigenvalue weighted by molar-refractivity contribution is 6.74. The Bertz CT molecular complexity index is 1230. The van der Waals surface area contributed by atoms with Crippen molar-refractivity contribution < 1.29 is 51.6 Å². The second-order valence-corrected chi connectivity index (χ2v) is 27.7. The maximum atomic E-state index is 12.1. The topological polar surface area (TPSA) is 124 Å². The van der Waals surface area contributed by atoms with Gasteiger partial charge in [0.25, 0.3) is 0 Å². The lowest BCUT2D eigenvalue weighted by atomic mass is 9.96. The van der Waals surface area contributed by atoms with Gasteiger partial charge < -0.3 is 51.6 Å². The third-order valence-corrected chi connectivity index (χ3v) is 20.7. The quantitative estimate of drug-likeness (QED) is 0.352. The van der Waals surface area contributed by atoms with E-state index in [4.69, 9.17) is 41.4 Å². The summed E-state index contributed by atoms with van der Waals surface area (Å²) in [4.78, 5) is 0. The number of aliphatic hydroxyl groups is 2. The van der Waals surface area contributed by atoms with Crippen LogP contribution < -0.4 is 0 Å². The van der Waals surface area contributed by atoms with Gasteiger partial charge in [0, 0.05) is 27.3 Å². The van der Waals surface area contributed by atoms with E-state index in [1.165, 1.54) is 7.11 Å². The fourth-order valence-corrected chi connectivity index (χ4v) is 18.5. The molecule has 13 heteroatoms. The Morgan fingerprint density at radius 3 is 1.53 bits per heavy atom. The van der Waals surface area contributed by atoms with E-state index in [2.05, 4.69) is 83.1 Å². The molecule has 0 saturated carbocycles. The van der Waals surface area contributed by atoms with Gasteiger partial charge in [0.05, 0.1) is 19.8 Å². The van der Waals surface area contributed by atoms with Crippen molar-refractivity contribution in [2.45, 2.75) is 171 Å². The van der Waals surface area contributed by atoms with E-state index in [0.29, 0.717) is 0 Å². The molecule has 10 atom stereocenters. The highest BCUT2D eigenvalue weighted by atomic mass is 28.4. The SMILES string of the molecule is CO[C@H]1O[C@@H]2CO[Si](C(C)(C)C)(C(C)(C)C)O[C@H]2[C@H](O[C@H]2O[C@@H]3CO[Si](C(C)(C)C)(C(C)(C)C)O[C@H]3[C@H](OCc3ccccc3)[C@H]2O)[C@H]1O. The summed E-state index contributed by atoms with van der Waals surface area (Å²) in [5.41, 5.74) is 0.962. The van der Waals surface area contributed by atoms with Crippen LogP contribution in [0.3, 0.4) is 0 Å². The number of ether oxygens (including phenoxy) is 5. The zero-order valence-electron chi connectivity index (χ0n) is 31.9. The van der Waals surface area contributed by atoms with E-state index in [0.717, 1.165) is 5.56 Å². The Morgan fingerprint density at radius 2 is 1.08 bits per heavy atom. The van der Waals surface area contributed by atoms with Gasteiger partial charge in [0.15, 0.2) is 12.6 Å². The van der Waals surface area contributed by atoms with Crippen LogP contribution in [0, 0.1) is 0 Å². The van der Waals surface area contributed by atoms with Crippen LogP contribution in [0.5, 0.6) is 0 Å². The Kier molecular flexibility index (Phi) is 11.2. The predicted molar refractivity (Wildman–Crippen MR) is 188 cm³/mol. The van der Waals surface area contributed by atoms with Crippen LogP contribution in [0.2, 0.25) is 20.2 Å². The van der Waals surface area contributed by atoms with Crippen LogP contribution in [0.15, 0.2) is 30.3 Å². The summed E-state index contributed by atoms with van der Waals surface area (Å²) in [7, 11) is -4.48. The molecule has 4 aliphatic heterocycles. The van der Waals surface area contributed by atoms with Crippen molar-refractivity contribution in [2.75, 3.05) is 20.3 Å². The molecule has 0 aromatic heterocycles. The summed E-state index contributed by atoms with van der Waals surface area (Å²) in [6.07, 6.45) is -8.99. The fourth-order valence-electron chi connectivity index (χ4n) is 8.59. The monoisotopic (exact) mass is 726 g/mol. The number of hydrogen-bond acceptors (Lipinski definition) is 11. The van der Waals surface area contributed by atoms with Gasteiger partial charge in [-0.2, -0.15) is 0 Å². The molecule has 1 aromatic rings. The number of benzene rings is 1. The lowest BCUT2D eigenvalue weighted by molar-refractivity contribution is -0.366. The van der Waals surface area contributed by atoms with Gasteiger partial charge in [-0.1, -0.05) is 113 Å². The van der Waals surface area contributed by atoms with Crippen LogP contribution in [-0.4, -0.2) is 109 Å². The van der Waals surface area contributed by atoms with Gasteiger partial charge in [0.2, 0.25) is 0 Å². The minimum atomic E-state index is -3.00. The minimum Gasteiger partial charge on any atom is -0.391 e. The van der Waals surface area contributed by atoms with Gasteiger partial charge in [-0.15, -0.1) is 0 Å². The first-order valence-corrected chi connectivity index (χ1v) is 21.3. The predicted octanol–water partition coefficient (Wildman–Crippen LogP) is 5.69. The van der Waals surface area contributed by atoms with Gasteiger partial charge >= 0.3 is 17.1 Å². The second-order valence-electron chi connectivity index (χ2n) is 18.2. The van der Waals surface area contributed by atoms with Gasteiger partial charge in [-0.25, -0.2) is 0 Å². The minimum absolute atomic E-state index is 0.251. The summed E-state index contributed by atoms with van der Waals surface area (Å²) < 4.78 is 59.0. The number of hydrogen-bond donors (Lipinski definition) is 2. The Labute approximate surface area is 295 Å². The van der Waals surface area contributed by atoms with E-state index in [9.17, 15) is 10.2 Å². The van der Waals surface area contributed by atoms with E-state index >= 15 is 0 Å². The van der Waals surface area contributed by atoms with E-state index < -0.39 is 78.5 Å². The summed E-state index contributed by atoms with van der Waals surface area (Å²) >= 11 is 0. The van der Waals surface area contributed by atoms with Gasteiger partial charge in [-0.3, -0.25) is 0 Å². The summed E-state index contributed by atoms with van der Waals surface area (Å²) in [5.74, 6) is 0. The molecule has 0 aliphatic carbocycles. The van der Waals surface area contributed by atoms with Crippen molar-refractivity contribution >= 4 is 17.1 Å². The van der Waals surface area contributed by atoms with Gasteiger partial charge in [-0.05, 0) is 5.56 Å². The molecule has 11 nitrogen and oxygen atoms in total. The lowest BCUT2D eigenvalue weighted by Gasteiger charge is -2.59. The third kappa shape index (κ3) is 7.15. The standard InChI is InChI=1S/C36H62O11Si2/c1-33(2,3)48(34(4,5)6)41-20-23-27(46-48)29(40-19-22-17-15-14-16-18-22)25(37)32(44-23)45-30-26(38)31(39-13)43-24-21-42-49(35(7,8)9,36(10,11)12)47-28(24)30/h14-18,23-32,37-38H,19-21H2,1-13H3/t23-,24-,25-,26-,27-,28-,29-,30-,31+,32-/m1/s1. The number of methoxy groups -OCH3 is 1. The fraction of sp³-hybridized carbons (Fsp3) is 0.833. The van der Waals surface area contributed by atoms with E-state index in [1.807, 2.05) is 30.3 Å². The first-order chi connectivity index (χ1) is 22.6. The normalized spacial score (nSPS) is 36.9. The molecule has 2 N–H and O–H groups in total. The molecule has 0 amide bonds. The van der Waals surface area contributed by atoms with Crippen molar-refractivity contribution in [2.24, 2.45) is 0 Å². The largest absolute Gasteiger partial charge is 0.391 e. The maximum absolute atomic E-state index is 12.1. The Balaban J connectivity index is 1.48.